The Morgan fingerprint density at radius 2 is 1.85 bits per heavy atom. The fraction of sp³-hybridized carbons (Fsp3) is 0.304. The van der Waals surface area contributed by atoms with Gasteiger partial charge in [-0.1, -0.05) is 13.8 Å². The molecule has 1 aliphatic carbocycles. The van der Waals surface area contributed by atoms with Gasteiger partial charge >= 0.3 is 0 Å². The first-order valence-corrected chi connectivity index (χ1v) is 12.2. The molecular formula is C23H25FN4O4S. The van der Waals surface area contributed by atoms with Gasteiger partial charge in [0.25, 0.3) is 5.91 Å². The van der Waals surface area contributed by atoms with Crippen LogP contribution in [0.1, 0.15) is 42.0 Å². The minimum Gasteiger partial charge on any atom is -0.506 e. The lowest BCUT2D eigenvalue weighted by atomic mass is 10.2. The van der Waals surface area contributed by atoms with Crippen LogP contribution in [-0.2, 0) is 22.9 Å². The van der Waals surface area contributed by atoms with Crippen molar-refractivity contribution in [1.29, 1.82) is 0 Å². The van der Waals surface area contributed by atoms with Crippen LogP contribution in [0.2, 0.25) is 0 Å². The predicted octanol–water partition coefficient (Wildman–Crippen LogP) is 3.49. The quantitative estimate of drug-likeness (QED) is 0.512. The highest BCUT2D eigenvalue weighted by Crippen LogP contribution is 2.31. The van der Waals surface area contributed by atoms with E-state index in [-0.39, 0.29) is 27.8 Å². The van der Waals surface area contributed by atoms with Gasteiger partial charge in [0.1, 0.15) is 11.6 Å². The molecular weight excluding hydrogens is 447 g/mol. The predicted molar refractivity (Wildman–Crippen MR) is 122 cm³/mol. The van der Waals surface area contributed by atoms with Crippen molar-refractivity contribution in [2.75, 3.05) is 18.4 Å². The van der Waals surface area contributed by atoms with Crippen molar-refractivity contribution in [2.24, 2.45) is 0 Å². The highest BCUT2D eigenvalue weighted by molar-refractivity contribution is 7.89. The summed E-state index contributed by atoms with van der Waals surface area (Å²) in [6, 6.07) is 9.65. The fourth-order valence-electron chi connectivity index (χ4n) is 4.09. The molecule has 10 heteroatoms. The number of sulfonamides is 1. The van der Waals surface area contributed by atoms with Crippen molar-refractivity contribution < 1.29 is 22.7 Å². The molecule has 0 saturated heterocycles. The van der Waals surface area contributed by atoms with Gasteiger partial charge in [-0.2, -0.15) is 9.40 Å². The Morgan fingerprint density at radius 1 is 1.15 bits per heavy atom. The van der Waals surface area contributed by atoms with Crippen LogP contribution >= 0.6 is 0 Å². The third-order valence-electron chi connectivity index (χ3n) is 5.78. The third-order valence-corrected chi connectivity index (χ3v) is 7.82. The lowest BCUT2D eigenvalue weighted by Gasteiger charge is -2.19. The molecule has 8 nitrogen and oxygen atoms in total. The summed E-state index contributed by atoms with van der Waals surface area (Å²) in [4.78, 5) is 13.1. The number of phenolic OH excluding ortho intramolecular Hbond substituents is 1. The van der Waals surface area contributed by atoms with Gasteiger partial charge in [-0.25, -0.2) is 17.5 Å². The Labute approximate surface area is 191 Å². The van der Waals surface area contributed by atoms with E-state index >= 15 is 0 Å². The summed E-state index contributed by atoms with van der Waals surface area (Å²) < 4.78 is 42.0. The minimum absolute atomic E-state index is 0.0173. The molecule has 0 saturated carbocycles. The Kier molecular flexibility index (Phi) is 6.22. The van der Waals surface area contributed by atoms with Crippen molar-refractivity contribution in [3.63, 3.8) is 0 Å². The van der Waals surface area contributed by atoms with Crippen molar-refractivity contribution in [2.45, 2.75) is 38.0 Å². The normalized spacial score (nSPS) is 13.3. The molecule has 3 aromatic rings. The molecule has 4 rings (SSSR count). The summed E-state index contributed by atoms with van der Waals surface area (Å²) >= 11 is 0. The maximum Gasteiger partial charge on any atom is 0.276 e. The molecule has 0 aliphatic heterocycles. The molecule has 1 aliphatic rings. The molecule has 2 aromatic carbocycles. The number of fused-ring (bicyclic) bond motifs is 1. The van der Waals surface area contributed by atoms with Crippen LogP contribution in [0.5, 0.6) is 5.75 Å². The van der Waals surface area contributed by atoms with Crippen molar-refractivity contribution in [3.8, 4) is 11.4 Å². The topological polar surface area (TPSA) is 105 Å². The van der Waals surface area contributed by atoms with Crippen LogP contribution < -0.4 is 5.32 Å². The summed E-state index contributed by atoms with van der Waals surface area (Å²) in [5.74, 6) is -1.17. The number of amides is 1. The van der Waals surface area contributed by atoms with E-state index in [0.29, 0.717) is 25.2 Å². The summed E-state index contributed by atoms with van der Waals surface area (Å²) in [6.07, 6.45) is 2.26. The number of aromatic hydroxyl groups is 1. The molecule has 174 valence electrons. The zero-order valence-corrected chi connectivity index (χ0v) is 19.2. The highest BCUT2D eigenvalue weighted by atomic mass is 32.2. The number of hydrogen-bond acceptors (Lipinski definition) is 5. The highest BCUT2D eigenvalue weighted by Gasteiger charge is 2.28. The van der Waals surface area contributed by atoms with Crippen molar-refractivity contribution in [1.82, 2.24) is 14.1 Å². The zero-order valence-electron chi connectivity index (χ0n) is 18.4. The van der Waals surface area contributed by atoms with E-state index in [2.05, 4.69) is 10.4 Å². The minimum atomic E-state index is -3.77. The van der Waals surface area contributed by atoms with Crippen molar-refractivity contribution in [3.05, 3.63) is 65.2 Å². The smallest absolute Gasteiger partial charge is 0.276 e. The molecule has 0 fully saturated rings. The number of benzene rings is 2. The van der Waals surface area contributed by atoms with Crippen molar-refractivity contribution >= 4 is 21.6 Å². The van der Waals surface area contributed by atoms with Gasteiger partial charge in [0.2, 0.25) is 10.0 Å². The maximum absolute atomic E-state index is 13.3. The van der Waals surface area contributed by atoms with E-state index in [0.717, 1.165) is 24.1 Å². The summed E-state index contributed by atoms with van der Waals surface area (Å²) in [5.41, 5.74) is 2.50. The van der Waals surface area contributed by atoms with Gasteiger partial charge in [0.05, 0.1) is 16.3 Å². The van der Waals surface area contributed by atoms with Gasteiger partial charge in [-0.15, -0.1) is 0 Å². The summed E-state index contributed by atoms with van der Waals surface area (Å²) in [7, 11) is -3.77. The van der Waals surface area contributed by atoms with E-state index in [1.807, 2.05) is 0 Å². The number of hydrogen-bond donors (Lipinski definition) is 2. The maximum atomic E-state index is 13.3. The van der Waals surface area contributed by atoms with Gasteiger partial charge in [0.15, 0.2) is 5.69 Å². The van der Waals surface area contributed by atoms with Gasteiger partial charge < -0.3 is 10.4 Å². The Balaban J connectivity index is 1.67. The van der Waals surface area contributed by atoms with E-state index in [1.165, 1.54) is 34.6 Å². The standard InChI is InChI=1S/C23H25FN4O4S/c1-3-27(4-2)33(31,32)17-12-13-21(29)19(14-17)25-23(30)22-18-6-5-7-20(18)28(26-22)16-10-8-15(24)9-11-16/h8-14,29H,3-7H2,1-2H3,(H,25,30). The number of aromatic nitrogens is 2. The Morgan fingerprint density at radius 3 is 2.52 bits per heavy atom. The number of carbonyl (C=O) groups excluding carboxylic acids is 1. The monoisotopic (exact) mass is 472 g/mol. The van der Waals surface area contributed by atoms with Crippen LogP contribution in [0.15, 0.2) is 47.4 Å². The first kappa shape index (κ1) is 22.9. The molecule has 0 radical (unpaired) electrons. The lowest BCUT2D eigenvalue weighted by Crippen LogP contribution is -2.30. The number of halogens is 1. The number of phenols is 1. The van der Waals surface area contributed by atoms with E-state index in [1.54, 1.807) is 30.7 Å². The molecule has 1 aromatic heterocycles. The first-order valence-electron chi connectivity index (χ1n) is 10.8. The molecule has 33 heavy (non-hydrogen) atoms. The van der Waals surface area contributed by atoms with Crippen LogP contribution in [0.3, 0.4) is 0 Å². The molecule has 2 N–H and O–H groups in total. The number of nitrogens with zero attached hydrogens (tertiary/aromatic N) is 3. The number of nitrogens with one attached hydrogen (secondary N) is 1. The van der Waals surface area contributed by atoms with E-state index < -0.39 is 15.9 Å². The van der Waals surface area contributed by atoms with Gasteiger partial charge in [0, 0.05) is 24.3 Å². The SMILES string of the molecule is CCN(CC)S(=O)(=O)c1ccc(O)c(NC(=O)c2nn(-c3ccc(F)cc3)c3c2CCC3)c1. The second-order valence-electron chi connectivity index (χ2n) is 7.74. The second-order valence-corrected chi connectivity index (χ2v) is 9.68. The number of carbonyl (C=O) groups is 1. The van der Waals surface area contributed by atoms with Gasteiger partial charge in [-0.3, -0.25) is 4.79 Å². The molecule has 0 unspecified atom stereocenters. The molecule has 0 spiro atoms. The fourth-order valence-corrected chi connectivity index (χ4v) is 5.57. The summed E-state index contributed by atoms with van der Waals surface area (Å²) in [5, 5.41) is 17.3. The number of anilines is 1. The zero-order chi connectivity index (χ0) is 23.8. The molecule has 0 bridgehead atoms. The second kappa shape index (κ2) is 8.95. The van der Waals surface area contributed by atoms with Crippen LogP contribution in [0, 0.1) is 5.82 Å². The average molecular weight is 473 g/mol. The average Bonchev–Trinajstić information content (AvgIpc) is 3.39. The molecule has 1 amide bonds. The first-order chi connectivity index (χ1) is 15.8. The molecule has 1 heterocycles. The van der Waals surface area contributed by atoms with E-state index in [4.69, 9.17) is 0 Å². The molecule has 0 atom stereocenters. The Bertz CT molecular complexity index is 1300. The third kappa shape index (κ3) is 4.23. The largest absolute Gasteiger partial charge is 0.506 e. The lowest BCUT2D eigenvalue weighted by molar-refractivity contribution is 0.102. The Hall–Kier alpha value is -3.24. The van der Waals surface area contributed by atoms with E-state index in [9.17, 15) is 22.7 Å². The number of rotatable bonds is 7. The van der Waals surface area contributed by atoms with Crippen LogP contribution in [0.25, 0.3) is 5.69 Å². The van der Waals surface area contributed by atoms with Gasteiger partial charge in [-0.05, 0) is 61.7 Å². The van der Waals surface area contributed by atoms with Crippen LogP contribution in [0.4, 0.5) is 10.1 Å². The summed E-state index contributed by atoms with van der Waals surface area (Å²) in [6.45, 7) is 4.08. The van der Waals surface area contributed by atoms with Crippen LogP contribution in [-0.4, -0.2) is 46.6 Å².